The Kier molecular flexibility index (Phi) is 4.91. The zero-order chi connectivity index (χ0) is 10.4. The normalized spacial score (nSPS) is 12.4. The lowest BCUT2D eigenvalue weighted by Gasteiger charge is -2.10. The van der Waals surface area contributed by atoms with E-state index in [0.29, 0.717) is 0 Å². The Morgan fingerprint density at radius 3 is 2.93 bits per heavy atom. The van der Waals surface area contributed by atoms with Crippen molar-refractivity contribution in [1.29, 1.82) is 0 Å². The molecule has 0 saturated carbocycles. The average Bonchev–Trinajstić information content (AvgIpc) is 2.18. The monoisotopic (exact) mass is 254 g/mol. The highest BCUT2D eigenvalue weighted by molar-refractivity contribution is 9.10. The molecule has 0 bridgehead atoms. The number of aliphatic hydroxyl groups is 1. The maximum atomic E-state index is 9.82. The number of aliphatic hydroxyl groups excluding tert-OH is 1. The highest BCUT2D eigenvalue weighted by Gasteiger charge is 2.06. The van der Waals surface area contributed by atoms with Crippen LogP contribution in [0.25, 0.3) is 0 Å². The highest BCUT2D eigenvalue weighted by Crippen LogP contribution is 2.22. The van der Waals surface area contributed by atoms with E-state index in [1.165, 1.54) is 0 Å². The molecular weight excluding hydrogens is 240 g/mol. The Labute approximate surface area is 93.6 Å². The van der Waals surface area contributed by atoms with Gasteiger partial charge in [-0.25, -0.2) is 0 Å². The second kappa shape index (κ2) is 5.99. The standard InChI is InChI=1S/C12H15BrO/c1-2-3-4-8-12(14)10-6-5-7-11(13)9-10/h2,5-7,9,12,14H,1,3-4,8H2. The van der Waals surface area contributed by atoms with Crippen molar-refractivity contribution >= 4 is 15.9 Å². The van der Waals surface area contributed by atoms with Gasteiger partial charge in [0, 0.05) is 4.47 Å². The van der Waals surface area contributed by atoms with Gasteiger partial charge >= 0.3 is 0 Å². The minimum Gasteiger partial charge on any atom is -0.388 e. The van der Waals surface area contributed by atoms with Crippen molar-refractivity contribution in [2.24, 2.45) is 0 Å². The molecule has 1 unspecified atom stereocenters. The summed E-state index contributed by atoms with van der Waals surface area (Å²) in [7, 11) is 0. The van der Waals surface area contributed by atoms with E-state index in [1.807, 2.05) is 30.3 Å². The lowest BCUT2D eigenvalue weighted by molar-refractivity contribution is 0.165. The van der Waals surface area contributed by atoms with E-state index in [2.05, 4.69) is 22.5 Å². The van der Waals surface area contributed by atoms with Crippen LogP contribution in [0.1, 0.15) is 30.9 Å². The van der Waals surface area contributed by atoms with E-state index in [4.69, 9.17) is 0 Å². The third-order valence-electron chi connectivity index (χ3n) is 2.12. The van der Waals surface area contributed by atoms with Gasteiger partial charge in [-0.3, -0.25) is 0 Å². The van der Waals surface area contributed by atoms with Gasteiger partial charge in [-0.2, -0.15) is 0 Å². The molecule has 0 aliphatic rings. The molecule has 1 nitrogen and oxygen atoms in total. The summed E-state index contributed by atoms with van der Waals surface area (Å²) in [6.07, 6.45) is 4.27. The van der Waals surface area contributed by atoms with Crippen LogP contribution in [0.3, 0.4) is 0 Å². The molecule has 0 saturated heterocycles. The topological polar surface area (TPSA) is 20.2 Å². The lowest BCUT2D eigenvalue weighted by Crippen LogP contribution is -1.96. The number of unbranched alkanes of at least 4 members (excludes halogenated alkanes) is 1. The van der Waals surface area contributed by atoms with E-state index in [9.17, 15) is 5.11 Å². The minimum atomic E-state index is -0.354. The number of allylic oxidation sites excluding steroid dienone is 1. The zero-order valence-corrected chi connectivity index (χ0v) is 9.70. The minimum absolute atomic E-state index is 0.354. The van der Waals surface area contributed by atoms with E-state index >= 15 is 0 Å². The molecular formula is C12H15BrO. The number of rotatable bonds is 5. The van der Waals surface area contributed by atoms with Gasteiger partial charge in [0.2, 0.25) is 0 Å². The van der Waals surface area contributed by atoms with Crippen LogP contribution in [0.15, 0.2) is 41.4 Å². The molecule has 0 aromatic heterocycles. The molecule has 1 aromatic carbocycles. The van der Waals surface area contributed by atoms with E-state index < -0.39 is 0 Å². The Hall–Kier alpha value is -0.600. The zero-order valence-electron chi connectivity index (χ0n) is 8.12. The third-order valence-corrected chi connectivity index (χ3v) is 2.61. The predicted molar refractivity (Wildman–Crippen MR) is 63.1 cm³/mol. The van der Waals surface area contributed by atoms with Gasteiger partial charge in [-0.05, 0) is 37.0 Å². The summed E-state index contributed by atoms with van der Waals surface area (Å²) in [6, 6.07) is 7.80. The van der Waals surface area contributed by atoms with Gasteiger partial charge in [0.15, 0.2) is 0 Å². The lowest BCUT2D eigenvalue weighted by atomic mass is 10.0. The molecule has 1 rings (SSSR count). The second-order valence-corrected chi connectivity index (χ2v) is 4.21. The van der Waals surface area contributed by atoms with Crippen LogP contribution < -0.4 is 0 Å². The largest absolute Gasteiger partial charge is 0.388 e. The molecule has 0 aliphatic heterocycles. The maximum Gasteiger partial charge on any atom is 0.0790 e. The molecule has 0 radical (unpaired) electrons. The van der Waals surface area contributed by atoms with Crippen molar-refractivity contribution in [2.45, 2.75) is 25.4 Å². The first-order valence-electron chi connectivity index (χ1n) is 4.78. The summed E-state index contributed by atoms with van der Waals surface area (Å²) in [5.74, 6) is 0. The number of benzene rings is 1. The van der Waals surface area contributed by atoms with E-state index in [1.54, 1.807) is 0 Å². The maximum absolute atomic E-state index is 9.82. The fraction of sp³-hybridized carbons (Fsp3) is 0.333. The number of hydrogen-bond donors (Lipinski definition) is 1. The van der Waals surface area contributed by atoms with Gasteiger partial charge in [0.05, 0.1) is 6.10 Å². The molecule has 0 amide bonds. The second-order valence-electron chi connectivity index (χ2n) is 3.29. The van der Waals surface area contributed by atoms with Crippen LogP contribution in [0, 0.1) is 0 Å². The molecule has 14 heavy (non-hydrogen) atoms. The molecule has 0 aliphatic carbocycles. The van der Waals surface area contributed by atoms with Gasteiger partial charge in [0.1, 0.15) is 0 Å². The molecule has 0 heterocycles. The molecule has 1 N–H and O–H groups in total. The molecule has 76 valence electrons. The van der Waals surface area contributed by atoms with Crippen LogP contribution in [0.4, 0.5) is 0 Å². The van der Waals surface area contributed by atoms with Crippen molar-refractivity contribution < 1.29 is 5.11 Å². The molecule has 1 aromatic rings. The van der Waals surface area contributed by atoms with E-state index in [0.717, 1.165) is 29.3 Å². The van der Waals surface area contributed by atoms with Crippen molar-refractivity contribution in [2.75, 3.05) is 0 Å². The first-order chi connectivity index (χ1) is 6.74. The first kappa shape index (κ1) is 11.5. The van der Waals surface area contributed by atoms with Crippen molar-refractivity contribution in [1.82, 2.24) is 0 Å². The summed E-state index contributed by atoms with van der Waals surface area (Å²) in [4.78, 5) is 0. The van der Waals surface area contributed by atoms with Crippen LogP contribution in [-0.2, 0) is 0 Å². The van der Waals surface area contributed by atoms with Gasteiger partial charge in [-0.15, -0.1) is 6.58 Å². The summed E-state index contributed by atoms with van der Waals surface area (Å²) >= 11 is 3.38. The quantitative estimate of drug-likeness (QED) is 0.626. The van der Waals surface area contributed by atoms with Crippen LogP contribution in [-0.4, -0.2) is 5.11 Å². The van der Waals surface area contributed by atoms with Crippen LogP contribution >= 0.6 is 15.9 Å². The van der Waals surface area contributed by atoms with E-state index in [-0.39, 0.29) is 6.10 Å². The fourth-order valence-corrected chi connectivity index (χ4v) is 1.75. The summed E-state index contributed by atoms with van der Waals surface area (Å²) in [6.45, 7) is 3.66. The van der Waals surface area contributed by atoms with Crippen LogP contribution in [0.5, 0.6) is 0 Å². The molecule has 0 fully saturated rings. The Balaban J connectivity index is 2.51. The van der Waals surface area contributed by atoms with Crippen LogP contribution in [0.2, 0.25) is 0 Å². The average molecular weight is 255 g/mol. The summed E-state index contributed by atoms with van der Waals surface area (Å²) in [5, 5.41) is 9.82. The van der Waals surface area contributed by atoms with Gasteiger partial charge in [-0.1, -0.05) is 34.1 Å². The predicted octanol–water partition coefficient (Wildman–Crippen LogP) is 3.84. The first-order valence-corrected chi connectivity index (χ1v) is 5.57. The fourth-order valence-electron chi connectivity index (χ4n) is 1.34. The summed E-state index contributed by atoms with van der Waals surface area (Å²) < 4.78 is 1.01. The molecule has 0 spiro atoms. The Bertz CT molecular complexity index is 296. The Morgan fingerprint density at radius 1 is 1.50 bits per heavy atom. The number of hydrogen-bond acceptors (Lipinski definition) is 1. The van der Waals surface area contributed by atoms with Gasteiger partial charge in [0.25, 0.3) is 0 Å². The smallest absolute Gasteiger partial charge is 0.0790 e. The van der Waals surface area contributed by atoms with Crippen molar-refractivity contribution in [3.63, 3.8) is 0 Å². The third kappa shape index (κ3) is 3.64. The Morgan fingerprint density at radius 2 is 2.29 bits per heavy atom. The highest BCUT2D eigenvalue weighted by atomic mass is 79.9. The molecule has 1 atom stereocenters. The van der Waals surface area contributed by atoms with Crippen molar-refractivity contribution in [3.8, 4) is 0 Å². The SMILES string of the molecule is C=CCCCC(O)c1cccc(Br)c1. The van der Waals surface area contributed by atoms with Crippen molar-refractivity contribution in [3.05, 3.63) is 47.0 Å². The summed E-state index contributed by atoms with van der Waals surface area (Å²) in [5.41, 5.74) is 0.975. The van der Waals surface area contributed by atoms with Gasteiger partial charge < -0.3 is 5.11 Å². The molecule has 2 heteroatoms. The number of halogens is 1.